The van der Waals surface area contributed by atoms with E-state index in [9.17, 15) is 14.4 Å². The summed E-state index contributed by atoms with van der Waals surface area (Å²) in [5, 5.41) is 10.2. The van der Waals surface area contributed by atoms with Gasteiger partial charge in [0.15, 0.2) is 11.6 Å². The maximum atomic E-state index is 14.3. The number of aromatic nitrogens is 2. The molecule has 1 aliphatic heterocycles. The van der Waals surface area contributed by atoms with Crippen LogP contribution in [-0.4, -0.2) is 22.4 Å². The number of para-hydroxylation sites is 1. The topological polar surface area (TPSA) is 105 Å². The van der Waals surface area contributed by atoms with Crippen LogP contribution in [0.2, 0.25) is 5.02 Å². The van der Waals surface area contributed by atoms with Crippen molar-refractivity contribution in [2.75, 3.05) is 17.2 Å². The third kappa shape index (κ3) is 3.87. The molecule has 1 fully saturated rings. The van der Waals surface area contributed by atoms with Gasteiger partial charge in [-0.05, 0) is 48.0 Å². The van der Waals surface area contributed by atoms with Gasteiger partial charge < -0.3 is 15.4 Å². The van der Waals surface area contributed by atoms with E-state index in [1.807, 2.05) is 24.3 Å². The molecule has 34 heavy (non-hydrogen) atoms. The zero-order valence-corrected chi connectivity index (χ0v) is 18.5. The van der Waals surface area contributed by atoms with Crippen LogP contribution < -0.4 is 15.4 Å². The number of carbonyl (C=O) groups excluding carboxylic acids is 1. The van der Waals surface area contributed by atoms with Crippen LogP contribution in [0.15, 0.2) is 60.9 Å². The number of anilines is 2. The molecule has 1 aliphatic rings. The van der Waals surface area contributed by atoms with Crippen LogP contribution in [0.25, 0.3) is 10.9 Å². The molecule has 0 saturated carbocycles. The Hall–Kier alpha value is -4.22. The van der Waals surface area contributed by atoms with Gasteiger partial charge in [0, 0.05) is 30.0 Å². The van der Waals surface area contributed by atoms with Gasteiger partial charge in [-0.3, -0.25) is 4.79 Å². The Bertz CT molecular complexity index is 1490. The molecule has 0 aliphatic carbocycles. The first-order chi connectivity index (χ1) is 16.4. The van der Waals surface area contributed by atoms with Crippen molar-refractivity contribution >= 4 is 39.9 Å². The predicted octanol–water partition coefficient (Wildman–Crippen LogP) is 5.19. The normalized spacial score (nSPS) is 15.5. The molecule has 5 rings (SSSR count). The van der Waals surface area contributed by atoms with Gasteiger partial charge in [-0.25, -0.2) is 14.4 Å². The molecule has 2 heterocycles. The van der Waals surface area contributed by atoms with E-state index in [0.29, 0.717) is 29.0 Å². The monoisotopic (exact) mass is 473 g/mol. The predicted molar refractivity (Wildman–Crippen MR) is 126 cm³/mol. The first-order valence-electron chi connectivity index (χ1n) is 10.4. The van der Waals surface area contributed by atoms with E-state index in [-0.39, 0.29) is 40.3 Å². The second kappa shape index (κ2) is 8.61. The molecule has 7 nitrogen and oxygen atoms in total. The third-order valence-electron chi connectivity index (χ3n) is 5.81. The highest BCUT2D eigenvalue weighted by Gasteiger charge is 2.32. The summed E-state index contributed by atoms with van der Waals surface area (Å²) >= 11 is 6.29. The molecule has 0 unspecified atom stereocenters. The van der Waals surface area contributed by atoms with Gasteiger partial charge in [-0.1, -0.05) is 23.7 Å². The van der Waals surface area contributed by atoms with Gasteiger partial charge in [-0.15, -0.1) is 0 Å². The summed E-state index contributed by atoms with van der Waals surface area (Å²) in [7, 11) is 0. The van der Waals surface area contributed by atoms with Gasteiger partial charge in [0.05, 0.1) is 16.1 Å². The number of hydrogen-bond acceptors (Lipinski definition) is 6. The van der Waals surface area contributed by atoms with Gasteiger partial charge in [0.2, 0.25) is 5.91 Å². The van der Waals surface area contributed by atoms with Crippen LogP contribution in [-0.2, 0) is 4.79 Å². The highest BCUT2D eigenvalue weighted by atomic mass is 35.5. The number of halogens is 2. The summed E-state index contributed by atoms with van der Waals surface area (Å²) < 4.78 is 20.0. The number of carbonyl (C=O) groups is 1. The number of nitrogens with two attached hydrogens (primary N) is 1. The Labute approximate surface area is 199 Å². The molecule has 0 spiro atoms. The van der Waals surface area contributed by atoms with E-state index in [1.54, 1.807) is 23.1 Å². The van der Waals surface area contributed by atoms with Crippen molar-refractivity contribution < 1.29 is 13.9 Å². The van der Waals surface area contributed by atoms with Crippen molar-refractivity contribution in [2.45, 2.75) is 12.3 Å². The molecule has 4 aromatic rings. The van der Waals surface area contributed by atoms with Crippen LogP contribution in [0.1, 0.15) is 23.5 Å². The Balaban J connectivity index is 1.43. The number of benzene rings is 3. The van der Waals surface area contributed by atoms with E-state index in [4.69, 9.17) is 22.1 Å². The molecule has 0 bridgehead atoms. The fourth-order valence-corrected chi connectivity index (χ4v) is 4.23. The lowest BCUT2D eigenvalue weighted by Gasteiger charge is -2.18. The lowest BCUT2D eigenvalue weighted by Crippen LogP contribution is -2.24. The van der Waals surface area contributed by atoms with E-state index >= 15 is 0 Å². The lowest BCUT2D eigenvalue weighted by atomic mass is 9.98. The summed E-state index contributed by atoms with van der Waals surface area (Å²) in [5.74, 6) is -0.477. The maximum Gasteiger partial charge on any atom is 0.227 e. The molecule has 9 heteroatoms. The first kappa shape index (κ1) is 21.6. The summed E-state index contributed by atoms with van der Waals surface area (Å²) in [6.07, 6.45) is 1.68. The van der Waals surface area contributed by atoms with Crippen LogP contribution in [0, 0.1) is 17.1 Å². The summed E-state index contributed by atoms with van der Waals surface area (Å²) in [6.45, 7) is 0.433. The van der Waals surface area contributed by atoms with Crippen molar-refractivity contribution in [3.63, 3.8) is 0 Å². The van der Waals surface area contributed by atoms with E-state index in [2.05, 4.69) is 9.97 Å². The van der Waals surface area contributed by atoms with Crippen molar-refractivity contribution in [3.8, 4) is 17.6 Å². The molecule has 3 aromatic carbocycles. The Morgan fingerprint density at radius 3 is 2.85 bits per heavy atom. The quantitative estimate of drug-likeness (QED) is 0.437. The highest BCUT2D eigenvalue weighted by molar-refractivity contribution is 6.32. The number of fused-ring (bicyclic) bond motifs is 1. The van der Waals surface area contributed by atoms with Gasteiger partial charge in [-0.2, -0.15) is 5.26 Å². The SMILES string of the molecule is N#Cc1cccc(F)c1Oc1cc([C@H]2CC(=O)N(c3ccc4ncnc(N)c4c3)C2)ccc1Cl. The van der Waals surface area contributed by atoms with Crippen molar-refractivity contribution in [2.24, 2.45) is 0 Å². The molecule has 168 valence electrons. The molecule has 0 radical (unpaired) electrons. The molecule has 1 amide bonds. The van der Waals surface area contributed by atoms with Crippen molar-refractivity contribution in [3.05, 3.63) is 82.9 Å². The number of hydrogen-bond donors (Lipinski definition) is 1. The second-order valence-electron chi connectivity index (χ2n) is 7.89. The molecule has 1 atom stereocenters. The number of nitrogens with zero attached hydrogens (tertiary/aromatic N) is 4. The number of ether oxygens (including phenoxy) is 1. The number of nitrogen functional groups attached to an aromatic ring is 1. The fraction of sp³-hybridized carbons (Fsp3) is 0.120. The zero-order valence-electron chi connectivity index (χ0n) is 17.7. The van der Waals surface area contributed by atoms with Crippen LogP contribution >= 0.6 is 11.6 Å². The molecule has 1 aromatic heterocycles. The van der Waals surface area contributed by atoms with E-state index in [1.165, 1.54) is 24.5 Å². The van der Waals surface area contributed by atoms with Crippen molar-refractivity contribution in [1.82, 2.24) is 9.97 Å². The molecular weight excluding hydrogens is 457 g/mol. The highest BCUT2D eigenvalue weighted by Crippen LogP contribution is 2.38. The van der Waals surface area contributed by atoms with Crippen LogP contribution in [0.4, 0.5) is 15.9 Å². The fourth-order valence-electron chi connectivity index (χ4n) is 4.08. The van der Waals surface area contributed by atoms with Gasteiger partial charge in [0.25, 0.3) is 0 Å². The Morgan fingerprint density at radius 2 is 2.03 bits per heavy atom. The zero-order chi connectivity index (χ0) is 23.8. The minimum absolute atomic E-state index is 0.0435. The second-order valence-corrected chi connectivity index (χ2v) is 8.29. The number of amides is 1. The van der Waals surface area contributed by atoms with Crippen molar-refractivity contribution in [1.29, 1.82) is 5.26 Å². The first-order valence-corrected chi connectivity index (χ1v) is 10.8. The van der Waals surface area contributed by atoms with Crippen LogP contribution in [0.3, 0.4) is 0 Å². The summed E-state index contributed by atoms with van der Waals surface area (Å²) in [4.78, 5) is 22.8. The standard InChI is InChI=1S/C25H17ClFN5O2/c26-19-6-4-14(8-22(19)34-24-15(11-28)2-1-3-20(24)27)16-9-23(33)32(12-16)17-5-7-21-18(10-17)25(29)31-13-30-21/h1-8,10,13,16H,9,12H2,(H2,29,30,31)/t16-/m0/s1. The lowest BCUT2D eigenvalue weighted by molar-refractivity contribution is -0.117. The van der Waals surface area contributed by atoms with Crippen LogP contribution in [0.5, 0.6) is 11.5 Å². The minimum Gasteiger partial charge on any atom is -0.451 e. The minimum atomic E-state index is -0.665. The van der Waals surface area contributed by atoms with E-state index < -0.39 is 5.82 Å². The maximum absolute atomic E-state index is 14.3. The largest absolute Gasteiger partial charge is 0.451 e. The van der Waals surface area contributed by atoms with Gasteiger partial charge in [0.1, 0.15) is 24.0 Å². The molecular formula is C25H17ClFN5O2. The average Bonchev–Trinajstić information content (AvgIpc) is 3.23. The molecule has 2 N–H and O–H groups in total. The van der Waals surface area contributed by atoms with E-state index in [0.717, 1.165) is 5.56 Å². The average molecular weight is 474 g/mol. The molecule has 1 saturated heterocycles. The Morgan fingerprint density at radius 1 is 1.18 bits per heavy atom. The third-order valence-corrected chi connectivity index (χ3v) is 6.12. The summed E-state index contributed by atoms with van der Waals surface area (Å²) in [5.41, 5.74) is 8.25. The number of nitriles is 1. The summed E-state index contributed by atoms with van der Waals surface area (Å²) in [6, 6.07) is 16.6. The van der Waals surface area contributed by atoms with Gasteiger partial charge >= 0.3 is 0 Å². The smallest absolute Gasteiger partial charge is 0.227 e. The number of rotatable bonds is 4. The Kier molecular flexibility index (Phi) is 5.48.